The van der Waals surface area contributed by atoms with Crippen molar-refractivity contribution in [3.63, 3.8) is 0 Å². The van der Waals surface area contributed by atoms with E-state index in [1.807, 2.05) is 109 Å². The third-order valence-electron chi connectivity index (χ3n) is 6.75. The van der Waals surface area contributed by atoms with Crippen LogP contribution in [0.1, 0.15) is 0 Å². The number of aromatic nitrogens is 4. The fraction of sp³-hybridized carbons (Fsp3) is 0. The third-order valence-corrected chi connectivity index (χ3v) is 6.75. The zero-order chi connectivity index (χ0) is 33.0. The van der Waals surface area contributed by atoms with E-state index in [4.69, 9.17) is 22.3 Å². The maximum absolute atomic E-state index is 6.57. The number of benzene rings is 4. The Morgan fingerprint density at radius 2 is 0.860 bits per heavy atom. The van der Waals surface area contributed by atoms with Gasteiger partial charge in [0.05, 0.1) is 0 Å². The van der Waals surface area contributed by atoms with Crippen LogP contribution in [0, 0.1) is 49.2 Å². The summed E-state index contributed by atoms with van der Waals surface area (Å²) >= 11 is 0. The monoisotopic (exact) mass is 1010 g/mol. The first kappa shape index (κ1) is 37.2. The van der Waals surface area contributed by atoms with Gasteiger partial charge in [0.2, 0.25) is 11.8 Å². The van der Waals surface area contributed by atoms with Crippen LogP contribution in [-0.2, 0) is 42.1 Å². The van der Waals surface area contributed by atoms with E-state index in [9.17, 15) is 0 Å². The summed E-state index contributed by atoms with van der Waals surface area (Å²) in [7, 11) is 0. The fourth-order valence-electron chi connectivity index (χ4n) is 4.53. The van der Waals surface area contributed by atoms with Crippen LogP contribution in [-0.4, -0.2) is 19.1 Å². The van der Waals surface area contributed by atoms with Crippen molar-refractivity contribution in [3.8, 4) is 46.5 Å². The fourth-order valence-corrected chi connectivity index (χ4v) is 4.53. The van der Waals surface area contributed by atoms with Crippen molar-refractivity contribution in [2.45, 2.75) is 0 Å². The van der Waals surface area contributed by atoms with Crippen molar-refractivity contribution in [3.05, 3.63) is 183 Å². The van der Waals surface area contributed by atoms with E-state index in [2.05, 4.69) is 46.3 Å². The van der Waals surface area contributed by atoms with Gasteiger partial charge in [-0.1, -0.05) is 60.0 Å². The molecule has 0 spiro atoms. The summed E-state index contributed by atoms with van der Waals surface area (Å²) < 4.78 is 15.3. The van der Waals surface area contributed by atoms with Gasteiger partial charge in [-0.15, -0.1) is 22.9 Å². The molecule has 0 aliphatic carbocycles. The molecule has 0 bridgehead atoms. The van der Waals surface area contributed by atoms with Gasteiger partial charge in [0.25, 0.3) is 0 Å². The molecule has 0 radical (unpaired) electrons. The molecule has 0 saturated heterocycles. The zero-order valence-electron chi connectivity index (χ0n) is 26.1. The predicted molar refractivity (Wildman–Crippen MR) is 185 cm³/mol. The Kier molecular flexibility index (Phi) is 14.0. The van der Waals surface area contributed by atoms with Crippen LogP contribution < -0.4 is 9.47 Å². The molecule has 8 rings (SSSR count). The number of hydrogen-bond donors (Lipinski definition) is 0. The third kappa shape index (κ3) is 9.71. The maximum atomic E-state index is 6.57. The molecule has 4 aromatic carbocycles. The number of ether oxygens (including phenoxy) is 2. The molecule has 0 atom stereocenters. The topological polar surface area (TPSA) is 54.1 Å². The van der Waals surface area contributed by atoms with Crippen molar-refractivity contribution in [1.82, 2.24) is 19.1 Å². The molecule has 0 fully saturated rings. The standard InChI is InChI=1S/C30H16N2O2.2C6H4N.2Pt/c1-3-11-25-21(9-1)17-23(19-27(25)33-29-13-5-7-15-31-29)24-18-22-10-2-4-12-26(22)28(20-24)34-30-14-6-8-16-32-30;2*1-2-7-5-3-4-6-7;;/h1-16H;2*3-6H;;/q-4;2*-1;;. The molecule has 0 N–H and O–H groups in total. The minimum atomic E-state index is 0. The molecule has 8 heteroatoms. The Bertz CT molecular complexity index is 2150. The smallest absolute Gasteiger partial charge is 0.215 e. The summed E-state index contributed by atoms with van der Waals surface area (Å²) in [6.07, 6.45) is 23.6. The molecule has 8 aromatic rings. The van der Waals surface area contributed by atoms with Crippen molar-refractivity contribution in [2.75, 3.05) is 0 Å². The zero-order valence-corrected chi connectivity index (χ0v) is 30.6. The van der Waals surface area contributed by atoms with Crippen molar-refractivity contribution >= 4 is 21.5 Å². The van der Waals surface area contributed by atoms with E-state index in [-0.39, 0.29) is 42.1 Å². The second-order valence-electron chi connectivity index (χ2n) is 9.94. The second-order valence-corrected chi connectivity index (χ2v) is 9.94. The summed E-state index contributed by atoms with van der Waals surface area (Å²) in [6, 6.07) is 52.2. The Labute approximate surface area is 320 Å². The van der Waals surface area contributed by atoms with Gasteiger partial charge in [0.1, 0.15) is 0 Å². The van der Waals surface area contributed by atoms with E-state index < -0.39 is 0 Å². The van der Waals surface area contributed by atoms with Gasteiger partial charge in [-0.05, 0) is 36.4 Å². The Morgan fingerprint density at radius 3 is 1.20 bits per heavy atom. The van der Waals surface area contributed by atoms with E-state index in [1.165, 1.54) is 0 Å². The van der Waals surface area contributed by atoms with Crippen molar-refractivity contribution in [1.29, 1.82) is 0 Å². The number of fused-ring (bicyclic) bond motifs is 2. The normalized spacial score (nSPS) is 9.64. The van der Waals surface area contributed by atoms with E-state index >= 15 is 0 Å². The van der Waals surface area contributed by atoms with Crippen molar-refractivity contribution < 1.29 is 51.6 Å². The van der Waals surface area contributed by atoms with Gasteiger partial charge in [-0.3, -0.25) is 0 Å². The molecule has 0 aliphatic rings. The molecule has 0 aliphatic heterocycles. The van der Waals surface area contributed by atoms with Gasteiger partial charge < -0.3 is 66.8 Å². The molecule has 4 aromatic heterocycles. The van der Waals surface area contributed by atoms with Gasteiger partial charge in [-0.25, -0.2) is 32.8 Å². The van der Waals surface area contributed by atoms with Crippen LogP contribution in [0.2, 0.25) is 0 Å². The molecule has 250 valence electrons. The Balaban J connectivity index is 0.000000293. The van der Waals surface area contributed by atoms with E-state index in [1.54, 1.807) is 46.3 Å². The Morgan fingerprint density at radius 1 is 0.480 bits per heavy atom. The van der Waals surface area contributed by atoms with E-state index in [0.717, 1.165) is 21.5 Å². The summed E-state index contributed by atoms with van der Waals surface area (Å²) in [5, 5.41) is 3.57. The molecular weight excluding hydrogens is 983 g/mol. The van der Waals surface area contributed by atoms with Crippen LogP contribution in [0.4, 0.5) is 0 Å². The van der Waals surface area contributed by atoms with Gasteiger partial charge >= 0.3 is 0 Å². The summed E-state index contributed by atoms with van der Waals surface area (Å²) in [5.74, 6) is 2.11. The minimum Gasteiger partial charge on any atom is -0.669 e. The van der Waals surface area contributed by atoms with Crippen LogP contribution >= 0.6 is 0 Å². The molecular formula is C42H24N4O2Pt2-6. The molecule has 0 unspecified atom stereocenters. The largest absolute Gasteiger partial charge is 0.669 e. The van der Waals surface area contributed by atoms with Gasteiger partial charge in [0, 0.05) is 91.4 Å². The predicted octanol–water partition coefficient (Wildman–Crippen LogP) is 9.00. The average molecular weight is 1010 g/mol. The maximum Gasteiger partial charge on any atom is 0.215 e. The summed E-state index contributed by atoms with van der Waals surface area (Å²) in [6.45, 7) is 0. The Hall–Kier alpha value is -5.64. The first-order chi connectivity index (χ1) is 23.7. The SMILES string of the molecule is [C-]#Cn1cccc1.[C-]#Cn1cccc1.[Pt].[Pt].[c-]1c(-c2[c-]c(Oc3ccccn3)c3ccccc3[c-]2)[c-]c2ccccc2c1Oc1ccccn1. The molecule has 0 saturated carbocycles. The molecule has 0 amide bonds. The van der Waals surface area contributed by atoms with Crippen molar-refractivity contribution in [2.24, 2.45) is 0 Å². The first-order valence-electron chi connectivity index (χ1n) is 14.7. The number of rotatable bonds is 5. The van der Waals surface area contributed by atoms with Crippen LogP contribution in [0.5, 0.6) is 23.3 Å². The number of nitrogens with zero attached hydrogens (tertiary/aromatic N) is 4. The average Bonchev–Trinajstić information content (AvgIpc) is 3.88. The first-order valence-corrected chi connectivity index (χ1v) is 14.7. The molecule has 50 heavy (non-hydrogen) atoms. The summed E-state index contributed by atoms with van der Waals surface area (Å²) in [5.41, 5.74) is 1.34. The number of hydrogen-bond acceptors (Lipinski definition) is 4. The summed E-state index contributed by atoms with van der Waals surface area (Å²) in [4.78, 5) is 8.58. The van der Waals surface area contributed by atoms with Crippen LogP contribution in [0.25, 0.3) is 32.7 Å². The molecule has 4 heterocycles. The van der Waals surface area contributed by atoms with Gasteiger partial charge in [-0.2, -0.15) is 0 Å². The second kappa shape index (κ2) is 18.8. The minimum absolute atomic E-state index is 0. The number of pyridine rings is 2. The van der Waals surface area contributed by atoms with Crippen LogP contribution in [0.15, 0.2) is 146 Å². The van der Waals surface area contributed by atoms with Gasteiger partial charge in [0.15, 0.2) is 0 Å². The quantitative estimate of drug-likeness (QED) is 0.128. The van der Waals surface area contributed by atoms with Crippen LogP contribution in [0.3, 0.4) is 0 Å². The van der Waals surface area contributed by atoms with E-state index in [0.29, 0.717) is 34.4 Å². The molecule has 6 nitrogen and oxygen atoms in total.